The third kappa shape index (κ3) is 5.00. The van der Waals surface area contributed by atoms with E-state index < -0.39 is 0 Å². The lowest BCUT2D eigenvalue weighted by atomic mass is 10.1. The first-order chi connectivity index (χ1) is 12.1. The zero-order chi connectivity index (χ0) is 17.6. The van der Waals surface area contributed by atoms with Gasteiger partial charge in [-0.25, -0.2) is 8.78 Å². The van der Waals surface area contributed by atoms with Crippen LogP contribution in [0.4, 0.5) is 8.78 Å². The molecule has 1 aliphatic rings. The number of nitrogens with zero attached hydrogens (tertiary/aromatic N) is 1. The molecule has 1 saturated heterocycles. The molecule has 0 bridgehead atoms. The maximum absolute atomic E-state index is 13.7. The van der Waals surface area contributed by atoms with Gasteiger partial charge in [0.25, 0.3) is 0 Å². The Kier molecular flexibility index (Phi) is 6.00. The van der Waals surface area contributed by atoms with E-state index in [2.05, 4.69) is 4.90 Å². The second kappa shape index (κ2) is 8.41. The summed E-state index contributed by atoms with van der Waals surface area (Å²) in [6.07, 6.45) is 0.433. The molecule has 0 saturated carbocycles. The molecule has 0 N–H and O–H groups in total. The van der Waals surface area contributed by atoms with Gasteiger partial charge in [0, 0.05) is 26.1 Å². The molecular weight excluding hydrogens is 324 g/mol. The molecule has 25 heavy (non-hydrogen) atoms. The largest absolute Gasteiger partial charge is 0.485 e. The molecule has 0 spiro atoms. The zero-order valence-corrected chi connectivity index (χ0v) is 14.4. The van der Waals surface area contributed by atoms with Gasteiger partial charge in [-0.3, -0.25) is 4.90 Å². The highest BCUT2D eigenvalue weighted by Crippen LogP contribution is 2.28. The number of hydrogen-bond acceptors (Lipinski definition) is 3. The van der Waals surface area contributed by atoms with Gasteiger partial charge in [-0.15, -0.1) is 0 Å². The first-order valence-corrected chi connectivity index (χ1v) is 8.60. The minimum atomic E-state index is -0.291. The summed E-state index contributed by atoms with van der Waals surface area (Å²) in [5, 5.41) is 0. The molecule has 1 heterocycles. The van der Waals surface area contributed by atoms with Crippen molar-refractivity contribution in [3.63, 3.8) is 0 Å². The SMILES string of the molecule is Cc1cc(F)ccc1OC(CCN1CCOCC1)c1cccc(F)c1. The Morgan fingerprint density at radius 3 is 2.56 bits per heavy atom. The van der Waals surface area contributed by atoms with Crippen molar-refractivity contribution in [2.24, 2.45) is 0 Å². The van der Waals surface area contributed by atoms with E-state index in [1.54, 1.807) is 12.1 Å². The van der Waals surface area contributed by atoms with Crippen molar-refractivity contribution in [2.45, 2.75) is 19.4 Å². The summed E-state index contributed by atoms with van der Waals surface area (Å²) < 4.78 is 38.5. The van der Waals surface area contributed by atoms with Gasteiger partial charge >= 0.3 is 0 Å². The molecule has 0 aromatic heterocycles. The van der Waals surface area contributed by atoms with E-state index in [0.29, 0.717) is 5.75 Å². The van der Waals surface area contributed by atoms with Crippen LogP contribution in [0, 0.1) is 18.6 Å². The second-order valence-electron chi connectivity index (χ2n) is 6.31. The van der Waals surface area contributed by atoms with Crippen molar-refractivity contribution in [2.75, 3.05) is 32.8 Å². The van der Waals surface area contributed by atoms with Gasteiger partial charge in [0.2, 0.25) is 0 Å². The minimum absolute atomic E-state index is 0.284. The lowest BCUT2D eigenvalue weighted by Gasteiger charge is -2.29. The topological polar surface area (TPSA) is 21.7 Å². The van der Waals surface area contributed by atoms with E-state index in [-0.39, 0.29) is 17.7 Å². The summed E-state index contributed by atoms with van der Waals surface area (Å²) in [6.45, 7) is 5.91. The van der Waals surface area contributed by atoms with Gasteiger partial charge in [0.15, 0.2) is 0 Å². The van der Waals surface area contributed by atoms with Crippen molar-refractivity contribution < 1.29 is 18.3 Å². The Morgan fingerprint density at radius 2 is 1.84 bits per heavy atom. The number of ether oxygens (including phenoxy) is 2. The molecule has 2 aromatic rings. The van der Waals surface area contributed by atoms with Gasteiger partial charge in [-0.1, -0.05) is 12.1 Å². The number of benzene rings is 2. The van der Waals surface area contributed by atoms with Crippen molar-refractivity contribution in [3.8, 4) is 5.75 Å². The Labute approximate surface area is 147 Å². The number of halogens is 2. The summed E-state index contributed by atoms with van der Waals surface area (Å²) in [4.78, 5) is 2.32. The van der Waals surface area contributed by atoms with Crippen LogP contribution in [-0.2, 0) is 4.74 Å². The maximum Gasteiger partial charge on any atom is 0.125 e. The van der Waals surface area contributed by atoms with Crippen molar-refractivity contribution in [1.29, 1.82) is 0 Å². The quantitative estimate of drug-likeness (QED) is 0.785. The Morgan fingerprint density at radius 1 is 1.08 bits per heavy atom. The predicted octanol–water partition coefficient (Wildman–Crippen LogP) is 4.12. The first-order valence-electron chi connectivity index (χ1n) is 8.60. The van der Waals surface area contributed by atoms with Crippen LogP contribution in [0.5, 0.6) is 5.75 Å². The molecule has 5 heteroatoms. The predicted molar refractivity (Wildman–Crippen MR) is 92.8 cm³/mol. The third-order valence-corrected chi connectivity index (χ3v) is 4.44. The van der Waals surface area contributed by atoms with Crippen molar-refractivity contribution in [1.82, 2.24) is 4.90 Å². The maximum atomic E-state index is 13.7. The smallest absolute Gasteiger partial charge is 0.125 e. The number of aryl methyl sites for hydroxylation is 1. The summed E-state index contributed by atoms with van der Waals surface area (Å²) >= 11 is 0. The monoisotopic (exact) mass is 347 g/mol. The molecule has 134 valence electrons. The highest BCUT2D eigenvalue weighted by atomic mass is 19.1. The number of rotatable bonds is 6. The van der Waals surface area contributed by atoms with E-state index in [0.717, 1.165) is 50.4 Å². The standard InChI is InChI=1S/C20H23F2NO2/c1-15-13-18(22)5-6-19(15)25-20(16-3-2-4-17(21)14-16)7-8-23-9-11-24-12-10-23/h2-6,13-14,20H,7-12H2,1H3. The lowest BCUT2D eigenvalue weighted by molar-refractivity contribution is 0.0316. The van der Waals surface area contributed by atoms with Gasteiger partial charge in [0.05, 0.1) is 13.2 Å². The fraction of sp³-hybridized carbons (Fsp3) is 0.400. The van der Waals surface area contributed by atoms with E-state index in [1.165, 1.54) is 24.3 Å². The minimum Gasteiger partial charge on any atom is -0.485 e. The van der Waals surface area contributed by atoms with Crippen LogP contribution < -0.4 is 4.74 Å². The fourth-order valence-electron chi connectivity index (χ4n) is 3.02. The normalized spacial score (nSPS) is 16.6. The number of hydrogen-bond donors (Lipinski definition) is 0. The van der Waals surface area contributed by atoms with Crippen molar-refractivity contribution in [3.05, 3.63) is 65.2 Å². The molecule has 0 aliphatic carbocycles. The van der Waals surface area contributed by atoms with Crippen LogP contribution in [0.25, 0.3) is 0 Å². The fourth-order valence-corrected chi connectivity index (χ4v) is 3.02. The summed E-state index contributed by atoms with van der Waals surface area (Å²) in [5.74, 6) is 0.0476. The second-order valence-corrected chi connectivity index (χ2v) is 6.31. The van der Waals surface area contributed by atoms with Crippen LogP contribution >= 0.6 is 0 Å². The van der Waals surface area contributed by atoms with Crippen molar-refractivity contribution >= 4 is 0 Å². The van der Waals surface area contributed by atoms with E-state index >= 15 is 0 Å². The van der Waals surface area contributed by atoms with Crippen LogP contribution in [0.2, 0.25) is 0 Å². The molecule has 3 nitrogen and oxygen atoms in total. The highest BCUT2D eigenvalue weighted by molar-refractivity contribution is 5.33. The Bertz CT molecular complexity index is 702. The summed E-state index contributed by atoms with van der Waals surface area (Å²) in [6, 6.07) is 10.9. The summed E-state index contributed by atoms with van der Waals surface area (Å²) in [5.41, 5.74) is 1.52. The lowest BCUT2D eigenvalue weighted by Crippen LogP contribution is -2.37. The average Bonchev–Trinajstić information content (AvgIpc) is 2.61. The van der Waals surface area contributed by atoms with Gasteiger partial charge in [0.1, 0.15) is 23.5 Å². The molecule has 0 amide bonds. The van der Waals surface area contributed by atoms with E-state index in [1.807, 2.05) is 13.0 Å². The zero-order valence-electron chi connectivity index (χ0n) is 14.4. The molecule has 3 rings (SSSR count). The highest BCUT2D eigenvalue weighted by Gasteiger charge is 2.18. The van der Waals surface area contributed by atoms with Gasteiger partial charge in [-0.05, 0) is 48.4 Å². The van der Waals surface area contributed by atoms with Gasteiger partial charge < -0.3 is 9.47 Å². The molecule has 1 atom stereocenters. The Balaban J connectivity index is 1.75. The van der Waals surface area contributed by atoms with Crippen LogP contribution in [-0.4, -0.2) is 37.7 Å². The van der Waals surface area contributed by atoms with Crippen LogP contribution in [0.3, 0.4) is 0 Å². The molecule has 1 unspecified atom stereocenters. The van der Waals surface area contributed by atoms with E-state index in [9.17, 15) is 8.78 Å². The molecule has 0 radical (unpaired) electrons. The Hall–Kier alpha value is -1.98. The van der Waals surface area contributed by atoms with Crippen LogP contribution in [0.1, 0.15) is 23.7 Å². The number of morpholine rings is 1. The van der Waals surface area contributed by atoms with E-state index in [4.69, 9.17) is 9.47 Å². The van der Waals surface area contributed by atoms with Crippen LogP contribution in [0.15, 0.2) is 42.5 Å². The molecular formula is C20H23F2NO2. The summed E-state index contributed by atoms with van der Waals surface area (Å²) in [7, 11) is 0. The molecule has 2 aromatic carbocycles. The molecule has 1 aliphatic heterocycles. The first kappa shape index (κ1) is 17.8. The van der Waals surface area contributed by atoms with Gasteiger partial charge in [-0.2, -0.15) is 0 Å². The third-order valence-electron chi connectivity index (χ3n) is 4.44. The average molecular weight is 347 g/mol. The molecule has 1 fully saturated rings.